The molecule has 3 unspecified atom stereocenters. The quantitative estimate of drug-likeness (QED) is 0.267. The first-order valence-electron chi connectivity index (χ1n) is 35.3. The molecule has 366 valence electrons. The minimum absolute atomic E-state index is 0.0326. The number of benzene rings is 3. The second-order valence-corrected chi connectivity index (χ2v) is 18.4. The van der Waals surface area contributed by atoms with Crippen LogP contribution in [0.1, 0.15) is 179 Å². The molecule has 6 aliphatic heterocycles. The fourth-order valence-electron chi connectivity index (χ4n) is 10.9. The Balaban J connectivity index is 0.000000153. The van der Waals surface area contributed by atoms with E-state index in [-0.39, 0.29) is 43.4 Å². The van der Waals surface area contributed by atoms with Gasteiger partial charge in [-0.1, -0.05) is 130 Å². The summed E-state index contributed by atoms with van der Waals surface area (Å²) < 4.78 is 187. The Hall–Kier alpha value is -5.52. The van der Waals surface area contributed by atoms with E-state index < -0.39 is 131 Å². The van der Waals surface area contributed by atoms with Crippen LogP contribution >= 0.6 is 0 Å². The average Bonchev–Trinajstić information content (AvgIpc) is 0.669. The van der Waals surface area contributed by atoms with Crippen LogP contribution in [-0.2, 0) is 48.0 Å². The molecule has 0 bridgehead atoms. The molecule has 0 N–H and O–H groups in total. The predicted molar refractivity (Wildman–Crippen MR) is 263 cm³/mol. The van der Waals surface area contributed by atoms with Gasteiger partial charge in [0, 0.05) is 88.5 Å². The largest absolute Gasteiger partial charge is 0.332 e. The molecule has 9 aliphatic rings. The van der Waals surface area contributed by atoms with Crippen molar-refractivity contribution >= 4 is 35.4 Å². The van der Waals surface area contributed by atoms with Crippen molar-refractivity contribution in [1.82, 2.24) is 29.4 Å². The van der Waals surface area contributed by atoms with E-state index >= 15 is 0 Å². The zero-order valence-corrected chi connectivity index (χ0v) is 38.3. The van der Waals surface area contributed by atoms with Crippen molar-refractivity contribution in [2.24, 2.45) is 17.7 Å². The molecule has 12 nitrogen and oxygen atoms in total. The smallest absolute Gasteiger partial charge is 0.242 e. The molecule has 12 rings (SSSR count). The first-order valence-corrected chi connectivity index (χ1v) is 23.8. The third-order valence-electron chi connectivity index (χ3n) is 14.5. The molecule has 3 aromatic carbocycles. The van der Waals surface area contributed by atoms with E-state index in [1.165, 1.54) is 11.1 Å². The summed E-state index contributed by atoms with van der Waals surface area (Å²) in [5, 5.41) is 0. The highest BCUT2D eigenvalue weighted by atomic mass is 16.2. The van der Waals surface area contributed by atoms with Gasteiger partial charge in [0.1, 0.15) is 0 Å². The fraction of sp³-hybridized carbons (Fsp3) is 0.579. The first kappa shape index (κ1) is 27.2. The van der Waals surface area contributed by atoms with E-state index in [9.17, 15) is 28.8 Å². The van der Waals surface area contributed by atoms with E-state index in [0.717, 1.165) is 45.0 Å². The standard InChI is InChI=1S/3C19H24N2O2/c3*22-18-13-20(19(23)15-7-2-1-3-8-15)12-17-16-9-5-4-6-14(16)10-11-21(17)18/h3*4-6,9,15,17H,1-3,7-8,10-13H2/i1D2,2D2,3D2,7D2,8D2,15D;1D2,2D2,3D2,7D2,8D2;1D2. The van der Waals surface area contributed by atoms with Crippen molar-refractivity contribution in [3.05, 3.63) is 106 Å². The number of carbonyl (C=O) groups excluding carboxylic acids is 6. The van der Waals surface area contributed by atoms with Crippen LogP contribution in [0.15, 0.2) is 72.8 Å². The number of rotatable bonds is 3. The van der Waals surface area contributed by atoms with Crippen LogP contribution in [0.3, 0.4) is 0 Å². The highest BCUT2D eigenvalue weighted by Gasteiger charge is 2.43. The summed E-state index contributed by atoms with van der Waals surface area (Å²) in [6.07, 6.45) is -33.2. The number of carbonyl (C=O) groups is 6. The summed E-state index contributed by atoms with van der Waals surface area (Å²) in [7, 11) is 0. The van der Waals surface area contributed by atoms with E-state index in [0.29, 0.717) is 58.2 Å². The van der Waals surface area contributed by atoms with Crippen molar-refractivity contribution in [3.63, 3.8) is 0 Å². The van der Waals surface area contributed by atoms with Crippen LogP contribution < -0.4 is 0 Å². The topological polar surface area (TPSA) is 122 Å². The van der Waals surface area contributed by atoms with Crippen LogP contribution in [0, 0.1) is 17.7 Å². The summed E-state index contributed by atoms with van der Waals surface area (Å²) >= 11 is 0. The van der Waals surface area contributed by atoms with Crippen LogP contribution in [-0.4, -0.2) is 124 Å². The molecule has 0 aromatic heterocycles. The van der Waals surface area contributed by atoms with Gasteiger partial charge in [-0.2, -0.15) is 0 Å². The van der Waals surface area contributed by atoms with Gasteiger partial charge in [0.05, 0.1) is 37.8 Å². The molecular weight excluding hydrogens is 865 g/mol. The highest BCUT2D eigenvalue weighted by molar-refractivity contribution is 5.89. The lowest BCUT2D eigenvalue weighted by molar-refractivity contribution is -0.152. The molecule has 0 spiro atoms. The Morgan fingerprint density at radius 1 is 0.449 bits per heavy atom. The van der Waals surface area contributed by atoms with Crippen molar-refractivity contribution in [2.45, 2.75) is 133 Å². The van der Waals surface area contributed by atoms with Gasteiger partial charge in [-0.15, -0.1) is 0 Å². The van der Waals surface area contributed by atoms with Gasteiger partial charge in [-0.05, 0) is 91.0 Å². The maximum Gasteiger partial charge on any atom is 0.242 e. The van der Waals surface area contributed by atoms with Gasteiger partial charge >= 0.3 is 0 Å². The molecule has 3 saturated heterocycles. The molecule has 3 saturated carbocycles. The van der Waals surface area contributed by atoms with Crippen LogP contribution in [0.25, 0.3) is 0 Å². The molecule has 3 aliphatic carbocycles. The number of piperazine rings is 3. The Morgan fingerprint density at radius 3 is 1.23 bits per heavy atom. The summed E-state index contributed by atoms with van der Waals surface area (Å²) in [6.45, 7) is 0.886. The SMILES string of the molecule is [2H]C1([2H])C(C(=O)N2CC(=O)N3CCc4ccccc4C3C2)C([2H])([2H])C([2H])([2H])C([2H])([2H])C1([2H])[2H].[2H]C1([2H])C([2H])([2H])C([2H])([2H])C([2H])(C(=O)N2CC(=O)N3CCc4ccccc4C3C2)C([2H])([2H])C1([2H])[2H].[2H]C1([2H])CCC(C(=O)N2CC(=O)N3CCc4ccccc4C3C2)CC1. The molecule has 3 aromatic rings. The zero-order valence-electron chi connectivity index (χ0n) is 61.3. The number of fused-ring (bicyclic) bond motifs is 9. The molecule has 12 heteroatoms. The van der Waals surface area contributed by atoms with Crippen LogP contribution in [0.2, 0.25) is 0 Å². The number of nitrogens with zero attached hydrogens (tertiary/aromatic N) is 6. The summed E-state index contributed by atoms with van der Waals surface area (Å²) in [5.74, 6) is -10.1. The molecule has 6 fully saturated rings. The van der Waals surface area contributed by atoms with Gasteiger partial charge in [0.15, 0.2) is 0 Å². The van der Waals surface area contributed by atoms with Crippen molar-refractivity contribution < 1.29 is 60.3 Å². The molecule has 3 atom stereocenters. The summed E-state index contributed by atoms with van der Waals surface area (Å²) in [5.41, 5.74) is 5.93. The van der Waals surface area contributed by atoms with Crippen molar-refractivity contribution in [1.29, 1.82) is 0 Å². The van der Waals surface area contributed by atoms with Gasteiger partial charge in [-0.3, -0.25) is 28.8 Å². The van der Waals surface area contributed by atoms with Gasteiger partial charge in [0.2, 0.25) is 35.4 Å². The lowest BCUT2D eigenvalue weighted by atomic mass is 9.87. The highest BCUT2D eigenvalue weighted by Crippen LogP contribution is 2.38. The minimum atomic E-state index is -3.79. The van der Waals surface area contributed by atoms with E-state index in [2.05, 4.69) is 12.1 Å². The van der Waals surface area contributed by atoms with Crippen LogP contribution in [0.4, 0.5) is 0 Å². The lowest BCUT2D eigenvalue weighted by Crippen LogP contribution is -2.56. The number of hydrogen-bond acceptors (Lipinski definition) is 6. The maximum absolute atomic E-state index is 13.7. The summed E-state index contributed by atoms with van der Waals surface area (Å²) in [6, 6.07) is 21.6. The van der Waals surface area contributed by atoms with Gasteiger partial charge in [-0.25, -0.2) is 0 Å². The Kier molecular flexibility index (Phi) is 8.36. The lowest BCUT2D eigenvalue weighted by Gasteiger charge is -2.45. The van der Waals surface area contributed by atoms with Crippen molar-refractivity contribution in [2.75, 3.05) is 58.9 Å². The van der Waals surface area contributed by atoms with Gasteiger partial charge < -0.3 is 29.4 Å². The monoisotopic (exact) mass is 960 g/mol. The third-order valence-corrected chi connectivity index (χ3v) is 14.5. The Labute approximate surface area is 441 Å². The van der Waals surface area contributed by atoms with E-state index in [1.54, 1.807) is 32.9 Å². The van der Waals surface area contributed by atoms with E-state index in [1.807, 2.05) is 47.4 Å². The molecule has 6 heterocycles. The van der Waals surface area contributed by atoms with Crippen LogP contribution in [0.5, 0.6) is 0 Å². The molecule has 69 heavy (non-hydrogen) atoms. The minimum Gasteiger partial charge on any atom is -0.332 e. The second kappa shape index (κ2) is 21.2. The predicted octanol–water partition coefficient (Wildman–Crippen LogP) is 7.60. The summed E-state index contributed by atoms with van der Waals surface area (Å²) in [4.78, 5) is 87.0. The molecule has 0 radical (unpaired) electrons. The Bertz CT molecular complexity index is 3410. The number of amides is 6. The first-order chi connectivity index (χ1) is 42.3. The maximum atomic E-state index is 13.7. The van der Waals surface area contributed by atoms with Gasteiger partial charge in [0.25, 0.3) is 0 Å². The average molecular weight is 960 g/mol. The third kappa shape index (κ3) is 10.1. The second-order valence-electron chi connectivity index (χ2n) is 18.4. The van der Waals surface area contributed by atoms with Crippen molar-refractivity contribution in [3.8, 4) is 0 Å². The normalized spacial score (nSPS) is 38.5. The molecular formula is C57H72N6O6. The van der Waals surface area contributed by atoms with E-state index in [4.69, 9.17) is 31.5 Å². The number of hydrogen-bond donors (Lipinski definition) is 0. The zero-order chi connectivity index (χ0) is 68.1. The molecule has 6 amide bonds. The fourth-order valence-corrected chi connectivity index (χ4v) is 10.9. The Morgan fingerprint density at radius 2 is 0.812 bits per heavy atom.